The Bertz CT molecular complexity index is 2000. The normalized spacial score (nSPS) is 20.6. The van der Waals surface area contributed by atoms with E-state index in [4.69, 9.17) is 0 Å². The Hall–Kier alpha value is -6.49. The van der Waals surface area contributed by atoms with Crippen molar-refractivity contribution >= 4 is 0 Å². The number of rotatable bonds is 0. The smallest absolute Gasteiger partial charge is 0.244 e. The van der Waals surface area contributed by atoms with Gasteiger partial charge in [-0.15, -0.1) is 51.0 Å². The summed E-state index contributed by atoms with van der Waals surface area (Å²) in [6.45, 7) is 0. The van der Waals surface area contributed by atoms with Gasteiger partial charge in [0.25, 0.3) is 0 Å². The monoisotopic (exact) mass is 519 g/mol. The highest BCUT2D eigenvalue weighted by Crippen LogP contribution is 2.68. The lowest BCUT2D eigenvalue weighted by molar-refractivity contribution is 0.316. The van der Waals surface area contributed by atoms with Gasteiger partial charge in [-0.3, -0.25) is 0 Å². The summed E-state index contributed by atoms with van der Waals surface area (Å²) in [6, 6.07) is 0. The minimum atomic E-state index is -1.89. The maximum atomic E-state index is 12.8. The lowest BCUT2D eigenvalue weighted by Gasteiger charge is -2.53. The predicted molar refractivity (Wildman–Crippen MR) is 108 cm³/mol. The fraction of sp³-hybridized carbons (Fsp3) is 0.133. The molecule has 0 radical (unpaired) electrons. The van der Waals surface area contributed by atoms with Crippen molar-refractivity contribution in [2.24, 2.45) is 0 Å². The van der Waals surface area contributed by atoms with Crippen LogP contribution in [0.1, 0.15) is 34.2 Å². The van der Waals surface area contributed by atoms with E-state index in [1.165, 1.54) is 0 Å². The van der Waals surface area contributed by atoms with Crippen LogP contribution in [-0.2, 0) is 10.8 Å². The minimum Gasteiger partial charge on any atom is -0.244 e. The number of H-pyrrole nitrogens is 1. The summed E-state index contributed by atoms with van der Waals surface area (Å²) in [6.07, 6.45) is 0. The van der Waals surface area contributed by atoms with E-state index in [0.717, 1.165) is 0 Å². The Morgan fingerprint density at radius 2 is 0.692 bits per heavy atom. The highest BCUT2D eigenvalue weighted by atomic mass is 16.1. The zero-order chi connectivity index (χ0) is 25.8. The second-order valence-electron chi connectivity index (χ2n) is 8.22. The molecular formula is C15HN23O. The predicted octanol–water partition coefficient (Wildman–Crippen LogP) is -5.62. The molecule has 6 aromatic heterocycles. The SMILES string of the molecule is O=c1nc2c(n[nH]1)-c1nnnnc1C13c4nnnnc4-c4nnnnc4C21c1nnnnc1-c1nnnnc13. The van der Waals surface area contributed by atoms with Gasteiger partial charge in [-0.2, -0.15) is 10.1 Å². The second-order valence-corrected chi connectivity index (χ2v) is 8.22. The van der Waals surface area contributed by atoms with Crippen molar-refractivity contribution in [1.29, 1.82) is 0 Å². The molecule has 0 saturated carbocycles. The number of nitrogens with one attached hydrogen (secondary N) is 1. The molecule has 24 nitrogen and oxygen atoms in total. The highest BCUT2D eigenvalue weighted by molar-refractivity contribution is 5.89. The summed E-state index contributed by atoms with van der Waals surface area (Å²) in [5.41, 5.74) is -3.99. The molecule has 0 fully saturated rings. The van der Waals surface area contributed by atoms with Crippen molar-refractivity contribution in [3.63, 3.8) is 0 Å². The quantitative estimate of drug-likeness (QED) is 0.195. The van der Waals surface area contributed by atoms with Gasteiger partial charge in [0.2, 0.25) is 0 Å². The van der Waals surface area contributed by atoms with E-state index in [1.807, 2.05) is 0 Å². The summed E-state index contributed by atoms with van der Waals surface area (Å²) < 4.78 is 0. The number of aromatic nitrogens is 23. The molecule has 0 aliphatic heterocycles. The summed E-state index contributed by atoms with van der Waals surface area (Å²) in [5.74, 6) is 0. The zero-order valence-electron chi connectivity index (χ0n) is 18.2. The molecular weight excluding hydrogens is 518 g/mol. The molecule has 0 saturated heterocycles. The maximum Gasteiger partial charge on any atom is 0.361 e. The highest BCUT2D eigenvalue weighted by Gasteiger charge is 2.76. The molecule has 6 heterocycles. The van der Waals surface area contributed by atoms with Gasteiger partial charge < -0.3 is 0 Å². The van der Waals surface area contributed by atoms with Gasteiger partial charge in [-0.05, 0) is 52.1 Å². The van der Waals surface area contributed by atoms with Gasteiger partial charge in [0.05, 0.1) is 5.69 Å². The van der Waals surface area contributed by atoms with Crippen molar-refractivity contribution in [2.45, 2.75) is 10.8 Å². The third-order valence-corrected chi connectivity index (χ3v) is 6.84. The van der Waals surface area contributed by atoms with Gasteiger partial charge in [0.1, 0.15) is 73.5 Å². The van der Waals surface area contributed by atoms with Crippen LogP contribution in [0.3, 0.4) is 0 Å². The standard InChI is InChI=1S/C15HN23O/c39-13-16-7-1(17-28-13)2-10(25-36-29-18-2)15-11-5(21-32-37-26-11)3-8(23-34-30-19-3)14(7,15)9-4(20-31-35-24-9)6-12(15)27-38-33-22-6/h(H,16,28,39). The van der Waals surface area contributed by atoms with E-state index in [0.29, 0.717) is 0 Å². The van der Waals surface area contributed by atoms with E-state index in [-0.39, 0.29) is 68.3 Å². The first kappa shape index (κ1) is 19.7. The molecule has 0 aromatic carbocycles. The second kappa shape index (κ2) is 6.44. The minimum absolute atomic E-state index is 0.0329. The van der Waals surface area contributed by atoms with Crippen LogP contribution in [0.25, 0.3) is 34.2 Å². The van der Waals surface area contributed by atoms with Crippen molar-refractivity contribution in [1.82, 2.24) is 118 Å². The van der Waals surface area contributed by atoms with Crippen molar-refractivity contribution in [2.75, 3.05) is 0 Å². The third-order valence-electron chi connectivity index (χ3n) is 6.84. The van der Waals surface area contributed by atoms with Crippen LogP contribution in [0.2, 0.25) is 0 Å². The molecule has 9 rings (SSSR count). The van der Waals surface area contributed by atoms with Gasteiger partial charge in [-0.1, -0.05) is 0 Å². The number of hydrogen-bond donors (Lipinski definition) is 1. The first-order valence-corrected chi connectivity index (χ1v) is 10.6. The van der Waals surface area contributed by atoms with Gasteiger partial charge in [0.15, 0.2) is 0 Å². The van der Waals surface area contributed by atoms with E-state index >= 15 is 0 Å². The van der Waals surface area contributed by atoms with Crippen molar-refractivity contribution < 1.29 is 0 Å². The lowest BCUT2D eigenvalue weighted by Crippen LogP contribution is -2.62. The van der Waals surface area contributed by atoms with Crippen molar-refractivity contribution in [3.8, 4) is 34.2 Å². The van der Waals surface area contributed by atoms with E-state index in [1.54, 1.807) is 0 Å². The average Bonchev–Trinajstić information content (AvgIpc) is 3.01. The number of nitrogens with zero attached hydrogens (tertiary/aromatic N) is 22. The molecule has 0 unspecified atom stereocenters. The number of aromatic amines is 1. The van der Waals surface area contributed by atoms with Crippen LogP contribution in [0.4, 0.5) is 0 Å². The Kier molecular flexibility index (Phi) is 3.25. The lowest BCUT2D eigenvalue weighted by atomic mass is 9.46. The molecule has 0 atom stereocenters. The molecule has 3 aliphatic carbocycles. The Labute approximate surface area is 208 Å². The van der Waals surface area contributed by atoms with E-state index in [9.17, 15) is 4.79 Å². The van der Waals surface area contributed by atoms with Crippen LogP contribution in [0.15, 0.2) is 4.79 Å². The number of fused-ring (bicyclic) bond motifs is 9. The van der Waals surface area contributed by atoms with Crippen LogP contribution in [0.5, 0.6) is 0 Å². The van der Waals surface area contributed by atoms with E-state index in [2.05, 4.69) is 118 Å². The van der Waals surface area contributed by atoms with E-state index < -0.39 is 16.5 Å². The Balaban J connectivity index is 1.68. The molecule has 1 N–H and O–H groups in total. The first-order chi connectivity index (χ1) is 19.3. The summed E-state index contributed by atoms with van der Waals surface area (Å²) in [4.78, 5) is 17.1. The molecule has 6 aromatic rings. The fourth-order valence-electron chi connectivity index (χ4n) is 5.68. The van der Waals surface area contributed by atoms with Crippen LogP contribution < -0.4 is 5.69 Å². The Morgan fingerprint density at radius 1 is 0.385 bits per heavy atom. The van der Waals surface area contributed by atoms with Gasteiger partial charge >= 0.3 is 5.69 Å². The summed E-state index contributed by atoms with van der Waals surface area (Å²) in [7, 11) is 0. The first-order valence-electron chi connectivity index (χ1n) is 10.6. The average molecular weight is 519 g/mol. The maximum absolute atomic E-state index is 12.8. The largest absolute Gasteiger partial charge is 0.361 e. The summed E-state index contributed by atoms with van der Waals surface area (Å²) >= 11 is 0. The molecule has 24 heteroatoms. The van der Waals surface area contributed by atoms with Crippen LogP contribution in [-0.4, -0.2) is 118 Å². The van der Waals surface area contributed by atoms with Gasteiger partial charge in [-0.25, -0.2) is 9.89 Å². The zero-order valence-corrected chi connectivity index (χ0v) is 18.2. The fourth-order valence-corrected chi connectivity index (χ4v) is 5.68. The number of hydrogen-bond acceptors (Lipinski definition) is 23. The molecule has 0 spiro atoms. The molecule has 3 aliphatic rings. The van der Waals surface area contributed by atoms with Crippen LogP contribution in [0, 0.1) is 0 Å². The summed E-state index contributed by atoms with van der Waals surface area (Å²) in [5, 5.41) is 86.5. The van der Waals surface area contributed by atoms with Crippen molar-refractivity contribution in [3.05, 3.63) is 44.6 Å². The molecule has 0 amide bonds. The topological polar surface area (TPSA) is 316 Å². The Morgan fingerprint density at radius 3 is 1.08 bits per heavy atom. The molecule has 39 heavy (non-hydrogen) atoms. The molecule has 0 bridgehead atoms. The third kappa shape index (κ3) is 1.95. The van der Waals surface area contributed by atoms with Crippen LogP contribution >= 0.6 is 0 Å². The van der Waals surface area contributed by atoms with Gasteiger partial charge in [0, 0.05) is 0 Å². The molecule has 182 valence electrons.